The average Bonchev–Trinajstić information content (AvgIpc) is 3.12. The van der Waals surface area contributed by atoms with Crippen molar-refractivity contribution in [3.8, 4) is 0 Å². The van der Waals surface area contributed by atoms with Crippen LogP contribution in [0.1, 0.15) is 61.6 Å². The van der Waals surface area contributed by atoms with Crippen LogP contribution in [0.15, 0.2) is 6.07 Å². The van der Waals surface area contributed by atoms with Crippen molar-refractivity contribution >= 4 is 11.8 Å². The van der Waals surface area contributed by atoms with Gasteiger partial charge >= 0.3 is 0 Å². The highest BCUT2D eigenvalue weighted by Gasteiger charge is 2.43. The second kappa shape index (κ2) is 7.26. The third-order valence-corrected chi connectivity index (χ3v) is 6.50. The molecule has 3 saturated heterocycles. The number of likely N-dealkylation sites (tertiary alicyclic amines) is 1. The molecule has 7 heteroatoms. The molecule has 2 bridgehead atoms. The van der Waals surface area contributed by atoms with Crippen molar-refractivity contribution in [2.45, 2.75) is 76.7 Å². The molecule has 4 rings (SSSR count). The summed E-state index contributed by atoms with van der Waals surface area (Å²) in [5.41, 5.74) is 1.52. The van der Waals surface area contributed by atoms with Gasteiger partial charge in [0, 0.05) is 44.8 Å². The van der Waals surface area contributed by atoms with Crippen LogP contribution in [-0.4, -0.2) is 68.8 Å². The van der Waals surface area contributed by atoms with Crippen molar-refractivity contribution in [3.63, 3.8) is 0 Å². The Morgan fingerprint density at radius 2 is 1.70 bits per heavy atom. The first-order valence-electron chi connectivity index (χ1n) is 10.2. The van der Waals surface area contributed by atoms with E-state index in [1.807, 2.05) is 24.9 Å². The van der Waals surface area contributed by atoms with Gasteiger partial charge in [-0.3, -0.25) is 14.3 Å². The number of fused-ring (bicyclic) bond motifs is 2. The number of nitrogens with zero attached hydrogens (tertiary/aromatic N) is 4. The Hall–Kier alpha value is -1.89. The summed E-state index contributed by atoms with van der Waals surface area (Å²) in [5, 5.41) is 4.30. The summed E-state index contributed by atoms with van der Waals surface area (Å²) in [5.74, 6) is 0.225. The molecule has 27 heavy (non-hydrogen) atoms. The van der Waals surface area contributed by atoms with E-state index in [0.29, 0.717) is 17.8 Å². The lowest BCUT2D eigenvalue weighted by atomic mass is 9.98. The van der Waals surface area contributed by atoms with E-state index in [0.717, 1.165) is 57.3 Å². The van der Waals surface area contributed by atoms with Crippen LogP contribution in [-0.2, 0) is 16.6 Å². The Balaban J connectivity index is 1.28. The van der Waals surface area contributed by atoms with Gasteiger partial charge in [0.05, 0.1) is 12.2 Å². The molecule has 0 N–H and O–H groups in total. The van der Waals surface area contributed by atoms with Crippen LogP contribution in [0.2, 0.25) is 0 Å². The van der Waals surface area contributed by atoms with Crippen molar-refractivity contribution < 1.29 is 14.3 Å². The van der Waals surface area contributed by atoms with E-state index in [9.17, 15) is 9.59 Å². The van der Waals surface area contributed by atoms with E-state index >= 15 is 0 Å². The molecule has 3 atom stereocenters. The number of carbonyl (C=O) groups is 2. The van der Waals surface area contributed by atoms with Crippen molar-refractivity contribution in [1.82, 2.24) is 19.6 Å². The minimum atomic E-state index is 0.0185. The minimum absolute atomic E-state index is 0.0185. The maximum absolute atomic E-state index is 12.6. The highest BCUT2D eigenvalue weighted by Crippen LogP contribution is 2.37. The molecule has 7 nitrogen and oxygen atoms in total. The van der Waals surface area contributed by atoms with Crippen LogP contribution in [0.3, 0.4) is 0 Å². The summed E-state index contributed by atoms with van der Waals surface area (Å²) >= 11 is 0. The summed E-state index contributed by atoms with van der Waals surface area (Å²) in [7, 11) is 1.86. The van der Waals surface area contributed by atoms with Gasteiger partial charge in [0.15, 0.2) is 5.69 Å². The van der Waals surface area contributed by atoms with Gasteiger partial charge in [0.1, 0.15) is 0 Å². The minimum Gasteiger partial charge on any atom is -0.375 e. The van der Waals surface area contributed by atoms with Gasteiger partial charge in [-0.15, -0.1) is 0 Å². The molecule has 2 amide bonds. The van der Waals surface area contributed by atoms with Crippen molar-refractivity contribution in [3.05, 3.63) is 17.5 Å². The fourth-order valence-corrected chi connectivity index (χ4v) is 5.05. The van der Waals surface area contributed by atoms with Crippen LogP contribution in [0, 0.1) is 6.92 Å². The fourth-order valence-electron chi connectivity index (χ4n) is 5.05. The van der Waals surface area contributed by atoms with E-state index in [-0.39, 0.29) is 24.0 Å². The third-order valence-electron chi connectivity index (χ3n) is 6.50. The molecule has 0 aliphatic carbocycles. The zero-order chi connectivity index (χ0) is 19.1. The molecule has 148 valence electrons. The largest absolute Gasteiger partial charge is 0.375 e. The number of aromatic nitrogens is 2. The zero-order valence-corrected chi connectivity index (χ0v) is 16.6. The average molecular weight is 374 g/mol. The fraction of sp³-hybridized carbons (Fsp3) is 0.750. The number of carbonyl (C=O) groups excluding carboxylic acids is 2. The summed E-state index contributed by atoms with van der Waals surface area (Å²) in [6, 6.07) is 2.57. The number of piperidine rings is 2. The molecule has 0 spiro atoms. The predicted octanol–water partition coefficient (Wildman–Crippen LogP) is 1.89. The normalized spacial score (nSPS) is 28.6. The first kappa shape index (κ1) is 18.5. The summed E-state index contributed by atoms with van der Waals surface area (Å²) in [4.78, 5) is 28.4. The molecule has 0 radical (unpaired) electrons. The Morgan fingerprint density at radius 1 is 1.07 bits per heavy atom. The SMILES string of the molecule is CC(=O)N1[C@@H]2CC[C@H]1CC(OC1CCN(C(=O)c3cc(C)n(C)n3)CC1)C2. The molecule has 3 aliphatic heterocycles. The smallest absolute Gasteiger partial charge is 0.274 e. The molecule has 1 unspecified atom stereocenters. The zero-order valence-electron chi connectivity index (χ0n) is 16.6. The second-order valence-electron chi connectivity index (χ2n) is 8.33. The Kier molecular flexibility index (Phi) is 4.97. The molecule has 1 aromatic rings. The van der Waals surface area contributed by atoms with Gasteiger partial charge in [-0.2, -0.15) is 5.10 Å². The first-order valence-corrected chi connectivity index (χ1v) is 10.2. The maximum atomic E-state index is 12.6. The van der Waals surface area contributed by atoms with Crippen LogP contribution < -0.4 is 0 Å². The van der Waals surface area contributed by atoms with Crippen LogP contribution in [0.4, 0.5) is 0 Å². The van der Waals surface area contributed by atoms with Gasteiger partial charge in [-0.25, -0.2) is 0 Å². The molecular weight excluding hydrogens is 344 g/mol. The third kappa shape index (κ3) is 3.61. The van der Waals surface area contributed by atoms with E-state index < -0.39 is 0 Å². The number of hydrogen-bond donors (Lipinski definition) is 0. The topological polar surface area (TPSA) is 67.7 Å². The number of rotatable bonds is 3. The van der Waals surface area contributed by atoms with Gasteiger partial charge in [0.2, 0.25) is 5.91 Å². The summed E-state index contributed by atoms with van der Waals surface area (Å²) in [6.45, 7) is 5.08. The molecule has 0 aromatic carbocycles. The van der Waals surface area contributed by atoms with Crippen molar-refractivity contribution in [1.29, 1.82) is 0 Å². The Bertz CT molecular complexity index is 689. The van der Waals surface area contributed by atoms with Gasteiger partial charge in [-0.05, 0) is 51.5 Å². The summed E-state index contributed by atoms with van der Waals surface area (Å²) in [6.07, 6.45) is 6.36. The molecular formula is C20H30N4O3. The second-order valence-corrected chi connectivity index (χ2v) is 8.33. The Morgan fingerprint density at radius 3 is 2.22 bits per heavy atom. The van der Waals surface area contributed by atoms with E-state index in [4.69, 9.17) is 4.74 Å². The quantitative estimate of drug-likeness (QED) is 0.810. The van der Waals surface area contributed by atoms with Crippen molar-refractivity contribution in [2.24, 2.45) is 7.05 Å². The molecule has 3 aliphatic rings. The molecule has 0 saturated carbocycles. The lowest BCUT2D eigenvalue weighted by Gasteiger charge is -2.40. The Labute approximate surface area is 160 Å². The number of hydrogen-bond acceptors (Lipinski definition) is 4. The van der Waals surface area contributed by atoms with Crippen LogP contribution in [0.5, 0.6) is 0 Å². The lowest BCUT2D eigenvalue weighted by molar-refractivity contribution is -0.138. The first-order chi connectivity index (χ1) is 12.9. The van der Waals surface area contributed by atoms with Gasteiger partial charge in [-0.1, -0.05) is 0 Å². The maximum Gasteiger partial charge on any atom is 0.274 e. The number of aryl methyl sites for hydroxylation is 2. The standard InChI is InChI=1S/C20H30N4O3/c1-13-10-19(21-22(13)3)20(26)23-8-6-17(7-9-23)27-18-11-15-4-5-16(12-18)24(15)14(2)25/h10,15-18H,4-9,11-12H2,1-3H3/t15-,16+,18?. The van der Waals surface area contributed by atoms with Gasteiger partial charge in [0.25, 0.3) is 5.91 Å². The lowest BCUT2D eigenvalue weighted by Crippen LogP contribution is -2.49. The highest BCUT2D eigenvalue weighted by molar-refractivity contribution is 5.92. The summed E-state index contributed by atoms with van der Waals surface area (Å²) < 4.78 is 8.14. The molecule has 4 heterocycles. The monoisotopic (exact) mass is 374 g/mol. The molecule has 1 aromatic heterocycles. The van der Waals surface area contributed by atoms with E-state index in [1.54, 1.807) is 11.6 Å². The van der Waals surface area contributed by atoms with Crippen LogP contribution >= 0.6 is 0 Å². The predicted molar refractivity (Wildman–Crippen MR) is 100 cm³/mol. The van der Waals surface area contributed by atoms with E-state index in [2.05, 4.69) is 10.00 Å². The van der Waals surface area contributed by atoms with Crippen LogP contribution in [0.25, 0.3) is 0 Å². The highest BCUT2D eigenvalue weighted by atomic mass is 16.5. The van der Waals surface area contributed by atoms with Gasteiger partial charge < -0.3 is 14.5 Å². The number of ether oxygens (including phenoxy) is 1. The number of amides is 2. The molecule has 3 fully saturated rings. The van der Waals surface area contributed by atoms with E-state index in [1.165, 1.54) is 0 Å². The van der Waals surface area contributed by atoms with Crippen molar-refractivity contribution in [2.75, 3.05) is 13.1 Å².